The monoisotopic (exact) mass is 395 g/mol. The second-order valence-electron chi connectivity index (χ2n) is 7.50. The van der Waals surface area contributed by atoms with Crippen LogP contribution in [-0.4, -0.2) is 22.8 Å². The first-order chi connectivity index (χ1) is 13.2. The SMILES string of the molecule is Cc1ccc(C(=O)N[C@H](C(=O)Nc2nc3c(C)cc(C)cc3s2)C(C)C)cc1. The second-order valence-corrected chi connectivity index (χ2v) is 8.53. The van der Waals surface area contributed by atoms with Crippen LogP contribution in [0.15, 0.2) is 36.4 Å². The maximum Gasteiger partial charge on any atom is 0.251 e. The number of rotatable bonds is 5. The maximum atomic E-state index is 12.8. The average Bonchev–Trinajstić information content (AvgIpc) is 3.02. The normalized spacial score (nSPS) is 12.2. The van der Waals surface area contributed by atoms with Gasteiger partial charge in [0.1, 0.15) is 6.04 Å². The van der Waals surface area contributed by atoms with Crippen molar-refractivity contribution < 1.29 is 9.59 Å². The zero-order valence-electron chi connectivity index (χ0n) is 16.8. The number of hydrogen-bond acceptors (Lipinski definition) is 4. The third-order valence-corrected chi connectivity index (χ3v) is 5.53. The largest absolute Gasteiger partial charge is 0.340 e. The molecule has 0 spiro atoms. The molecule has 6 heteroatoms. The quantitative estimate of drug-likeness (QED) is 0.662. The maximum absolute atomic E-state index is 12.8. The second kappa shape index (κ2) is 8.10. The molecule has 0 unspecified atom stereocenters. The van der Waals surface area contributed by atoms with Crippen LogP contribution in [0, 0.1) is 26.7 Å². The van der Waals surface area contributed by atoms with Gasteiger partial charge >= 0.3 is 0 Å². The van der Waals surface area contributed by atoms with E-state index in [2.05, 4.69) is 27.8 Å². The Morgan fingerprint density at radius 2 is 1.68 bits per heavy atom. The summed E-state index contributed by atoms with van der Waals surface area (Å²) in [5, 5.41) is 6.28. The highest BCUT2D eigenvalue weighted by atomic mass is 32.1. The van der Waals surface area contributed by atoms with Crippen molar-refractivity contribution in [3.8, 4) is 0 Å². The predicted octanol–water partition coefficient (Wildman–Crippen LogP) is 4.61. The van der Waals surface area contributed by atoms with Crippen LogP contribution in [0.1, 0.15) is 40.9 Å². The number of nitrogens with zero attached hydrogens (tertiary/aromatic N) is 1. The number of nitrogens with one attached hydrogen (secondary N) is 2. The first kappa shape index (κ1) is 20.0. The Morgan fingerprint density at radius 3 is 2.32 bits per heavy atom. The van der Waals surface area contributed by atoms with E-state index in [9.17, 15) is 9.59 Å². The molecule has 3 rings (SSSR count). The lowest BCUT2D eigenvalue weighted by Crippen LogP contribution is -2.47. The van der Waals surface area contributed by atoms with E-state index < -0.39 is 6.04 Å². The van der Waals surface area contributed by atoms with Crippen LogP contribution < -0.4 is 10.6 Å². The number of carbonyl (C=O) groups is 2. The topological polar surface area (TPSA) is 71.1 Å². The fraction of sp³-hybridized carbons (Fsp3) is 0.318. The van der Waals surface area contributed by atoms with Gasteiger partial charge in [0.2, 0.25) is 5.91 Å². The average molecular weight is 396 g/mol. The molecule has 0 radical (unpaired) electrons. The van der Waals surface area contributed by atoms with Crippen LogP contribution in [0.4, 0.5) is 5.13 Å². The van der Waals surface area contributed by atoms with Gasteiger partial charge in [0.15, 0.2) is 5.13 Å². The van der Waals surface area contributed by atoms with E-state index in [1.807, 2.05) is 46.8 Å². The first-order valence-corrected chi connectivity index (χ1v) is 10.1. The molecule has 1 aromatic heterocycles. The number of carbonyl (C=O) groups excluding carboxylic acids is 2. The van der Waals surface area contributed by atoms with E-state index in [1.165, 1.54) is 11.3 Å². The molecule has 0 aliphatic carbocycles. The lowest BCUT2D eigenvalue weighted by molar-refractivity contribution is -0.118. The summed E-state index contributed by atoms with van der Waals surface area (Å²) in [6.07, 6.45) is 0. The number of aromatic nitrogens is 1. The number of fused-ring (bicyclic) bond motifs is 1. The molecule has 2 aromatic carbocycles. The van der Waals surface area contributed by atoms with Crippen LogP contribution in [-0.2, 0) is 4.79 Å². The highest BCUT2D eigenvalue weighted by Crippen LogP contribution is 2.29. The Bertz CT molecular complexity index is 1020. The van der Waals surface area contributed by atoms with Crippen LogP contribution in [0.3, 0.4) is 0 Å². The lowest BCUT2D eigenvalue weighted by Gasteiger charge is -2.21. The zero-order chi connectivity index (χ0) is 20.4. The van der Waals surface area contributed by atoms with E-state index in [0.717, 1.165) is 26.9 Å². The molecule has 0 bridgehead atoms. The van der Waals surface area contributed by atoms with Crippen LogP contribution in [0.5, 0.6) is 0 Å². The van der Waals surface area contributed by atoms with E-state index in [0.29, 0.717) is 10.7 Å². The van der Waals surface area contributed by atoms with Crippen molar-refractivity contribution in [2.24, 2.45) is 5.92 Å². The molecule has 0 saturated heterocycles. The van der Waals surface area contributed by atoms with Gasteiger partial charge in [-0.2, -0.15) is 0 Å². The highest BCUT2D eigenvalue weighted by Gasteiger charge is 2.25. The smallest absolute Gasteiger partial charge is 0.251 e. The van der Waals surface area contributed by atoms with Gasteiger partial charge < -0.3 is 10.6 Å². The fourth-order valence-corrected chi connectivity index (χ4v) is 4.12. The van der Waals surface area contributed by atoms with Crippen LogP contribution >= 0.6 is 11.3 Å². The molecule has 0 aliphatic rings. The number of benzene rings is 2. The molecule has 0 aliphatic heterocycles. The molecular weight excluding hydrogens is 370 g/mol. The first-order valence-electron chi connectivity index (χ1n) is 9.31. The number of anilines is 1. The predicted molar refractivity (Wildman–Crippen MR) is 115 cm³/mol. The standard InChI is InChI=1S/C22H25N3O2S/c1-12(2)18(23-20(26)16-8-6-13(3)7-9-16)21(27)25-22-24-19-15(5)10-14(4)11-17(19)28-22/h6-12,18H,1-5H3,(H,23,26)(H,24,25,27)/t18-/m0/s1. The van der Waals surface area contributed by atoms with Crippen LogP contribution in [0.2, 0.25) is 0 Å². The summed E-state index contributed by atoms with van der Waals surface area (Å²) in [7, 11) is 0. The molecule has 28 heavy (non-hydrogen) atoms. The third kappa shape index (κ3) is 4.39. The van der Waals surface area contributed by atoms with Gasteiger partial charge in [0, 0.05) is 5.56 Å². The Kier molecular flexibility index (Phi) is 5.79. The molecule has 2 amide bonds. The Morgan fingerprint density at radius 1 is 1.00 bits per heavy atom. The Hall–Kier alpha value is -2.73. The van der Waals surface area contributed by atoms with Crippen molar-refractivity contribution >= 4 is 38.5 Å². The minimum atomic E-state index is -0.649. The van der Waals surface area contributed by atoms with Gasteiger partial charge in [-0.05, 0) is 56.0 Å². The summed E-state index contributed by atoms with van der Waals surface area (Å²) in [5.74, 6) is -0.582. The summed E-state index contributed by atoms with van der Waals surface area (Å²) in [5.41, 5.74) is 4.76. The lowest BCUT2D eigenvalue weighted by atomic mass is 10.0. The van der Waals surface area contributed by atoms with Crippen molar-refractivity contribution in [3.05, 3.63) is 58.7 Å². The van der Waals surface area contributed by atoms with Gasteiger partial charge in [0.05, 0.1) is 10.2 Å². The molecule has 0 saturated carbocycles. The molecule has 5 nitrogen and oxygen atoms in total. The molecule has 2 N–H and O–H groups in total. The Labute approximate surface area is 169 Å². The van der Waals surface area contributed by atoms with Crippen LogP contribution in [0.25, 0.3) is 10.2 Å². The molecule has 1 atom stereocenters. The van der Waals surface area contributed by atoms with Gasteiger partial charge in [-0.15, -0.1) is 0 Å². The van der Waals surface area contributed by atoms with Crippen molar-refractivity contribution in [2.45, 2.75) is 40.7 Å². The van der Waals surface area contributed by atoms with E-state index in [-0.39, 0.29) is 17.7 Å². The summed E-state index contributed by atoms with van der Waals surface area (Å²) in [6.45, 7) is 9.84. The van der Waals surface area contributed by atoms with E-state index in [1.54, 1.807) is 12.1 Å². The van der Waals surface area contributed by atoms with E-state index in [4.69, 9.17) is 0 Å². The molecule has 3 aromatic rings. The van der Waals surface area contributed by atoms with Gasteiger partial charge in [0.25, 0.3) is 5.91 Å². The van der Waals surface area contributed by atoms with Crippen molar-refractivity contribution in [1.82, 2.24) is 10.3 Å². The van der Waals surface area contributed by atoms with Crippen molar-refractivity contribution in [1.29, 1.82) is 0 Å². The number of thiazole rings is 1. The van der Waals surface area contributed by atoms with Gasteiger partial charge in [-0.3, -0.25) is 9.59 Å². The zero-order valence-corrected chi connectivity index (χ0v) is 17.6. The van der Waals surface area contributed by atoms with E-state index >= 15 is 0 Å². The van der Waals surface area contributed by atoms with Gasteiger partial charge in [-0.25, -0.2) is 4.98 Å². The summed E-state index contributed by atoms with van der Waals surface area (Å²) >= 11 is 1.44. The number of hydrogen-bond donors (Lipinski definition) is 2. The Balaban J connectivity index is 1.77. The summed E-state index contributed by atoms with van der Waals surface area (Å²) < 4.78 is 1.04. The van der Waals surface area contributed by atoms with Gasteiger partial charge in [-0.1, -0.05) is 48.9 Å². The number of amides is 2. The molecule has 146 valence electrons. The minimum Gasteiger partial charge on any atom is -0.340 e. The summed E-state index contributed by atoms with van der Waals surface area (Å²) in [6, 6.07) is 10.8. The van der Waals surface area contributed by atoms with Crippen molar-refractivity contribution in [3.63, 3.8) is 0 Å². The van der Waals surface area contributed by atoms with Crippen molar-refractivity contribution in [2.75, 3.05) is 5.32 Å². The molecule has 1 heterocycles. The minimum absolute atomic E-state index is 0.0623. The molecule has 0 fully saturated rings. The molecular formula is C22H25N3O2S. The number of aryl methyl sites for hydroxylation is 3. The fourth-order valence-electron chi connectivity index (χ4n) is 3.07. The summed E-state index contributed by atoms with van der Waals surface area (Å²) in [4.78, 5) is 29.9. The third-order valence-electron chi connectivity index (χ3n) is 4.61. The highest BCUT2D eigenvalue weighted by molar-refractivity contribution is 7.22.